The molecule has 0 spiro atoms. The van der Waals surface area contributed by atoms with E-state index >= 15 is 0 Å². The highest BCUT2D eigenvalue weighted by atomic mass is 16.5. The molecule has 0 radical (unpaired) electrons. The summed E-state index contributed by atoms with van der Waals surface area (Å²) in [5, 5.41) is 9.53. The molecular formula is C17H18N2O3. The lowest BCUT2D eigenvalue weighted by atomic mass is 9.99. The summed E-state index contributed by atoms with van der Waals surface area (Å²) in [6, 6.07) is 9.32. The highest BCUT2D eigenvalue weighted by Gasteiger charge is 2.62. The van der Waals surface area contributed by atoms with Gasteiger partial charge >= 0.3 is 5.97 Å². The Morgan fingerprint density at radius 1 is 1.27 bits per heavy atom. The number of likely N-dealkylation sites (tertiary alicyclic amines) is 1. The van der Waals surface area contributed by atoms with Crippen molar-refractivity contribution in [1.29, 1.82) is 5.26 Å². The summed E-state index contributed by atoms with van der Waals surface area (Å²) in [6.45, 7) is 2.88. The van der Waals surface area contributed by atoms with Crippen LogP contribution in [0.2, 0.25) is 0 Å². The Morgan fingerprint density at radius 2 is 1.91 bits per heavy atom. The normalized spacial score (nSPS) is 26.4. The SMILES string of the molecule is CC(=O)Oc1ccc([C@H]2C[C@]2(C#N)C(=O)N2CCCC2)cc1. The van der Waals surface area contributed by atoms with Crippen molar-refractivity contribution in [2.75, 3.05) is 13.1 Å². The average molecular weight is 298 g/mol. The Hall–Kier alpha value is -2.35. The maximum Gasteiger partial charge on any atom is 0.308 e. The summed E-state index contributed by atoms with van der Waals surface area (Å²) in [7, 11) is 0. The molecule has 1 heterocycles. The minimum atomic E-state index is -0.896. The molecule has 1 aromatic rings. The van der Waals surface area contributed by atoms with Crippen LogP contribution in [-0.4, -0.2) is 29.9 Å². The second-order valence-corrected chi connectivity index (χ2v) is 6.00. The summed E-state index contributed by atoms with van der Waals surface area (Å²) in [6.07, 6.45) is 2.62. The van der Waals surface area contributed by atoms with Crippen molar-refractivity contribution in [2.45, 2.75) is 32.1 Å². The van der Waals surface area contributed by atoms with Gasteiger partial charge in [0.25, 0.3) is 0 Å². The Morgan fingerprint density at radius 3 is 2.45 bits per heavy atom. The van der Waals surface area contributed by atoms with Crippen molar-refractivity contribution in [3.63, 3.8) is 0 Å². The molecule has 114 valence electrons. The summed E-state index contributed by atoms with van der Waals surface area (Å²) in [5.41, 5.74) is 0.0535. The Kier molecular flexibility index (Phi) is 3.61. The zero-order chi connectivity index (χ0) is 15.7. The fourth-order valence-corrected chi connectivity index (χ4v) is 3.21. The van der Waals surface area contributed by atoms with Gasteiger partial charge in [-0.25, -0.2) is 0 Å². The number of amides is 1. The maximum atomic E-state index is 12.6. The molecule has 0 N–H and O–H groups in total. The fourth-order valence-electron chi connectivity index (χ4n) is 3.21. The molecule has 22 heavy (non-hydrogen) atoms. The third-order valence-electron chi connectivity index (χ3n) is 4.48. The number of hydrogen-bond donors (Lipinski definition) is 0. The van der Waals surface area contributed by atoms with Crippen LogP contribution in [0.1, 0.15) is 37.7 Å². The second kappa shape index (κ2) is 5.45. The van der Waals surface area contributed by atoms with Gasteiger partial charge < -0.3 is 9.64 Å². The summed E-state index contributed by atoms with van der Waals surface area (Å²) < 4.78 is 5.00. The number of benzene rings is 1. The van der Waals surface area contributed by atoms with E-state index in [1.165, 1.54) is 6.92 Å². The molecule has 2 aliphatic rings. The van der Waals surface area contributed by atoms with E-state index in [4.69, 9.17) is 4.74 Å². The predicted octanol–water partition coefficient (Wildman–Crippen LogP) is 2.23. The molecule has 1 aromatic carbocycles. The second-order valence-electron chi connectivity index (χ2n) is 6.00. The highest BCUT2D eigenvalue weighted by Crippen LogP contribution is 2.60. The quantitative estimate of drug-likeness (QED) is 0.634. The van der Waals surface area contributed by atoms with E-state index in [9.17, 15) is 14.9 Å². The summed E-state index contributed by atoms with van der Waals surface area (Å²) in [4.78, 5) is 25.3. The smallest absolute Gasteiger partial charge is 0.308 e. The number of nitriles is 1. The molecule has 0 unspecified atom stereocenters. The third kappa shape index (κ3) is 2.45. The fraction of sp³-hybridized carbons (Fsp3) is 0.471. The zero-order valence-electron chi connectivity index (χ0n) is 12.5. The standard InChI is InChI=1S/C17H18N2O3/c1-12(20)22-14-6-4-13(5-7-14)15-10-17(15,11-18)16(21)19-8-2-3-9-19/h4-7,15H,2-3,8-10H2,1H3/t15-,17-/m1/s1. The minimum absolute atomic E-state index is 0.0263. The van der Waals surface area contributed by atoms with Crippen molar-refractivity contribution in [2.24, 2.45) is 5.41 Å². The van der Waals surface area contributed by atoms with Gasteiger partial charge in [0, 0.05) is 25.9 Å². The molecule has 3 rings (SSSR count). The number of carbonyl (C=O) groups is 2. The van der Waals surface area contributed by atoms with E-state index in [1.807, 2.05) is 17.0 Å². The highest BCUT2D eigenvalue weighted by molar-refractivity contribution is 5.90. The Labute approximate surface area is 129 Å². The third-order valence-corrected chi connectivity index (χ3v) is 4.48. The molecule has 0 bridgehead atoms. The molecule has 5 nitrogen and oxygen atoms in total. The molecule has 1 aliphatic carbocycles. The lowest BCUT2D eigenvalue weighted by Crippen LogP contribution is -2.35. The van der Waals surface area contributed by atoms with Gasteiger partial charge in [0.15, 0.2) is 0 Å². The van der Waals surface area contributed by atoms with Gasteiger partial charge in [-0.2, -0.15) is 5.26 Å². The van der Waals surface area contributed by atoms with Crippen LogP contribution in [0.3, 0.4) is 0 Å². The van der Waals surface area contributed by atoms with Gasteiger partial charge in [-0.1, -0.05) is 12.1 Å². The average Bonchev–Trinajstić information content (AvgIpc) is 3.00. The van der Waals surface area contributed by atoms with Crippen molar-refractivity contribution in [3.05, 3.63) is 29.8 Å². The number of nitrogens with zero attached hydrogens (tertiary/aromatic N) is 2. The summed E-state index contributed by atoms with van der Waals surface area (Å²) >= 11 is 0. The van der Waals surface area contributed by atoms with Crippen LogP contribution in [0.5, 0.6) is 5.75 Å². The van der Waals surface area contributed by atoms with Gasteiger partial charge in [0.2, 0.25) is 5.91 Å². The largest absolute Gasteiger partial charge is 0.427 e. The van der Waals surface area contributed by atoms with Crippen LogP contribution in [0, 0.1) is 16.7 Å². The first-order chi connectivity index (χ1) is 10.6. The Bertz CT molecular complexity index is 641. The van der Waals surface area contributed by atoms with Crippen LogP contribution in [-0.2, 0) is 9.59 Å². The van der Waals surface area contributed by atoms with Gasteiger partial charge in [-0.3, -0.25) is 9.59 Å². The van der Waals surface area contributed by atoms with Crippen molar-refractivity contribution >= 4 is 11.9 Å². The first kappa shape index (κ1) is 14.6. The lowest BCUT2D eigenvalue weighted by Gasteiger charge is -2.19. The molecular weight excluding hydrogens is 280 g/mol. The molecule has 1 saturated carbocycles. The van der Waals surface area contributed by atoms with Gasteiger partial charge in [0.1, 0.15) is 11.2 Å². The molecule has 1 saturated heterocycles. The van der Waals surface area contributed by atoms with E-state index in [1.54, 1.807) is 12.1 Å². The lowest BCUT2D eigenvalue weighted by molar-refractivity contribution is -0.134. The first-order valence-electron chi connectivity index (χ1n) is 7.56. The van der Waals surface area contributed by atoms with Gasteiger partial charge in [-0.05, 0) is 37.0 Å². The van der Waals surface area contributed by atoms with Crippen molar-refractivity contribution < 1.29 is 14.3 Å². The van der Waals surface area contributed by atoms with Gasteiger partial charge in [0.05, 0.1) is 6.07 Å². The number of esters is 1. The molecule has 0 aromatic heterocycles. The molecule has 1 amide bonds. The maximum absolute atomic E-state index is 12.6. The van der Waals surface area contributed by atoms with E-state index in [-0.39, 0.29) is 17.8 Å². The summed E-state index contributed by atoms with van der Waals surface area (Å²) in [5.74, 6) is 0.0265. The monoisotopic (exact) mass is 298 g/mol. The van der Waals surface area contributed by atoms with E-state index < -0.39 is 5.41 Å². The van der Waals surface area contributed by atoms with Crippen LogP contribution in [0.15, 0.2) is 24.3 Å². The predicted molar refractivity (Wildman–Crippen MR) is 79.0 cm³/mol. The first-order valence-corrected chi connectivity index (χ1v) is 7.56. The zero-order valence-corrected chi connectivity index (χ0v) is 12.5. The van der Waals surface area contributed by atoms with E-state index in [2.05, 4.69) is 6.07 Å². The van der Waals surface area contributed by atoms with Crippen LogP contribution < -0.4 is 4.74 Å². The molecule has 1 aliphatic heterocycles. The van der Waals surface area contributed by atoms with E-state index in [0.717, 1.165) is 31.5 Å². The van der Waals surface area contributed by atoms with Gasteiger partial charge in [-0.15, -0.1) is 0 Å². The number of hydrogen-bond acceptors (Lipinski definition) is 4. The molecule has 2 fully saturated rings. The molecule has 2 atom stereocenters. The van der Waals surface area contributed by atoms with Crippen molar-refractivity contribution in [1.82, 2.24) is 4.90 Å². The van der Waals surface area contributed by atoms with Crippen LogP contribution in [0.25, 0.3) is 0 Å². The topological polar surface area (TPSA) is 70.4 Å². The minimum Gasteiger partial charge on any atom is -0.427 e. The number of ether oxygens (including phenoxy) is 1. The number of rotatable bonds is 3. The van der Waals surface area contributed by atoms with Crippen LogP contribution in [0.4, 0.5) is 0 Å². The Balaban J connectivity index is 1.75. The van der Waals surface area contributed by atoms with Crippen LogP contribution >= 0.6 is 0 Å². The molecule has 5 heteroatoms. The number of carbonyl (C=O) groups excluding carboxylic acids is 2. The van der Waals surface area contributed by atoms with Crippen molar-refractivity contribution in [3.8, 4) is 11.8 Å². The van der Waals surface area contributed by atoms with E-state index in [0.29, 0.717) is 12.2 Å².